The molecule has 3 unspecified atom stereocenters. The zero-order chi connectivity index (χ0) is 26.6. The van der Waals surface area contributed by atoms with E-state index in [4.69, 9.17) is 5.11 Å². The molecule has 0 radical (unpaired) electrons. The van der Waals surface area contributed by atoms with E-state index in [1.165, 1.54) is 6.42 Å². The molecule has 0 spiro atoms. The highest BCUT2D eigenvalue weighted by Gasteiger charge is 2.68. The second-order valence-corrected chi connectivity index (χ2v) is 14.0. The maximum absolute atomic E-state index is 12.5. The fourth-order valence-corrected chi connectivity index (χ4v) is 10.6. The third kappa shape index (κ3) is 4.42. The predicted octanol–water partition coefficient (Wildman–Crippen LogP) is 4.87. The first-order chi connectivity index (χ1) is 16.8. The first-order valence-electron chi connectivity index (χ1n) is 14.7. The fraction of sp³-hybridized carbons (Fsp3) is 0.933. The Bertz CT molecular complexity index is 843. The summed E-state index contributed by atoms with van der Waals surface area (Å²) < 4.78 is 0. The van der Waals surface area contributed by atoms with Crippen LogP contribution in [0.1, 0.15) is 99.3 Å². The quantitative estimate of drug-likeness (QED) is 0.395. The van der Waals surface area contributed by atoms with Crippen LogP contribution < -0.4 is 5.32 Å². The van der Waals surface area contributed by atoms with Crippen molar-refractivity contribution in [2.24, 2.45) is 58.2 Å². The lowest BCUT2D eigenvalue weighted by Crippen LogP contribution is -2.66. The highest BCUT2D eigenvalue weighted by molar-refractivity contribution is 5.82. The van der Waals surface area contributed by atoms with Gasteiger partial charge in [-0.15, -0.1) is 0 Å². The monoisotopic (exact) mass is 505 g/mol. The molecule has 4 aliphatic carbocycles. The maximum Gasteiger partial charge on any atom is 0.322 e. The van der Waals surface area contributed by atoms with Crippen LogP contribution in [-0.2, 0) is 9.59 Å². The molecule has 1 amide bonds. The molecule has 206 valence electrons. The van der Waals surface area contributed by atoms with Crippen molar-refractivity contribution in [2.45, 2.75) is 111 Å². The summed E-state index contributed by atoms with van der Waals surface area (Å²) >= 11 is 0. The lowest BCUT2D eigenvalue weighted by Gasteiger charge is -2.68. The number of carboxylic acids is 1. The van der Waals surface area contributed by atoms with Crippen molar-refractivity contribution in [3.05, 3.63) is 0 Å². The molecule has 0 aliphatic heterocycles. The van der Waals surface area contributed by atoms with Gasteiger partial charge in [0.05, 0.1) is 11.7 Å². The molecule has 12 atom stereocenters. The van der Waals surface area contributed by atoms with E-state index in [0.29, 0.717) is 29.6 Å². The first-order valence-corrected chi connectivity index (χ1v) is 14.7. The Morgan fingerprint density at radius 2 is 1.61 bits per heavy atom. The van der Waals surface area contributed by atoms with Crippen molar-refractivity contribution in [1.29, 1.82) is 0 Å². The van der Waals surface area contributed by atoms with Crippen molar-refractivity contribution < 1.29 is 24.9 Å². The zero-order valence-electron chi connectivity index (χ0n) is 23.4. The van der Waals surface area contributed by atoms with Crippen LogP contribution >= 0.6 is 0 Å². The number of carboxylic acid groups (broad SMARTS) is 1. The second kappa shape index (κ2) is 9.87. The number of aliphatic hydroxyl groups excluding tert-OH is 1. The van der Waals surface area contributed by atoms with Crippen LogP contribution in [0.25, 0.3) is 0 Å². The smallest absolute Gasteiger partial charge is 0.322 e. The highest BCUT2D eigenvalue weighted by atomic mass is 16.4. The van der Waals surface area contributed by atoms with E-state index in [-0.39, 0.29) is 47.1 Å². The Morgan fingerprint density at radius 1 is 0.972 bits per heavy atom. The van der Waals surface area contributed by atoms with E-state index in [0.717, 1.165) is 51.4 Å². The largest absolute Gasteiger partial charge is 0.480 e. The highest BCUT2D eigenvalue weighted by Crippen LogP contribution is 2.71. The molecule has 0 saturated heterocycles. The molecule has 4 saturated carbocycles. The Hall–Kier alpha value is -1.14. The fourth-order valence-electron chi connectivity index (χ4n) is 10.6. The second-order valence-electron chi connectivity index (χ2n) is 14.0. The Morgan fingerprint density at radius 3 is 2.25 bits per heavy atom. The maximum atomic E-state index is 12.5. The van der Waals surface area contributed by atoms with Crippen LogP contribution in [0.4, 0.5) is 0 Å². The van der Waals surface area contributed by atoms with Gasteiger partial charge in [0.1, 0.15) is 6.54 Å². The minimum Gasteiger partial charge on any atom is -0.480 e. The molecule has 0 aromatic rings. The summed E-state index contributed by atoms with van der Waals surface area (Å²) in [6.07, 6.45) is 8.87. The molecule has 0 aromatic carbocycles. The summed E-state index contributed by atoms with van der Waals surface area (Å²) in [4.78, 5) is 23.3. The van der Waals surface area contributed by atoms with Gasteiger partial charge in [-0.05, 0) is 111 Å². The van der Waals surface area contributed by atoms with Gasteiger partial charge in [-0.25, -0.2) is 0 Å². The van der Waals surface area contributed by atoms with Crippen LogP contribution in [0.2, 0.25) is 0 Å². The molecule has 6 heteroatoms. The van der Waals surface area contributed by atoms with Gasteiger partial charge in [-0.3, -0.25) is 9.59 Å². The standard InChI is InChI=1S/C30H51NO5/c1-7-20-24-15-19(32)10-12-29(24,5)23-11-13-28(4)21(8-9-22(28)26(23)30(20,6)36)17(2)14-18(3)27(35)31-16-25(33)34/h17-24,26,32,36H,7-16H2,1-6H3,(H,31,35)(H,33,34)/t17-,18+,19+,20+,21+,22?,23?,24-,26?,28+,29+,30-/m0/s1. The van der Waals surface area contributed by atoms with Gasteiger partial charge in [0.15, 0.2) is 0 Å². The van der Waals surface area contributed by atoms with Crippen molar-refractivity contribution in [3.63, 3.8) is 0 Å². The lowest BCUT2D eigenvalue weighted by atomic mass is 9.38. The van der Waals surface area contributed by atoms with Gasteiger partial charge in [0.2, 0.25) is 5.91 Å². The minimum atomic E-state index is -1.01. The third-order valence-electron chi connectivity index (χ3n) is 12.2. The molecule has 4 aliphatic rings. The number of nitrogens with one attached hydrogen (secondary N) is 1. The Balaban J connectivity index is 1.56. The van der Waals surface area contributed by atoms with E-state index in [2.05, 4.69) is 39.9 Å². The average Bonchev–Trinajstić information content (AvgIpc) is 3.15. The number of carbonyl (C=O) groups is 2. The summed E-state index contributed by atoms with van der Waals surface area (Å²) in [5, 5.41) is 34.3. The molecule has 0 bridgehead atoms. The lowest BCUT2D eigenvalue weighted by molar-refractivity contribution is -0.245. The van der Waals surface area contributed by atoms with Gasteiger partial charge in [-0.2, -0.15) is 0 Å². The van der Waals surface area contributed by atoms with E-state index in [1.54, 1.807) is 0 Å². The van der Waals surface area contributed by atoms with Gasteiger partial charge >= 0.3 is 5.97 Å². The number of aliphatic hydroxyl groups is 2. The molecule has 6 nitrogen and oxygen atoms in total. The SMILES string of the molecule is CC[C@@H]1[C@@H]2C[C@H](O)CC[C@]2(C)C2CC[C@@]3(C)C(CC[C@@H]3[C@@H](C)C[C@@H](C)C(=O)NCC(=O)O)C2[C@@]1(C)O. The summed E-state index contributed by atoms with van der Waals surface area (Å²) in [7, 11) is 0. The normalized spacial score (nSPS) is 47.7. The van der Waals surface area contributed by atoms with E-state index >= 15 is 0 Å². The molecule has 36 heavy (non-hydrogen) atoms. The molecule has 4 fully saturated rings. The molecule has 0 heterocycles. The molecule has 0 aromatic heterocycles. The van der Waals surface area contributed by atoms with Gasteiger partial charge in [-0.1, -0.05) is 41.0 Å². The van der Waals surface area contributed by atoms with Crippen LogP contribution in [0, 0.1) is 58.2 Å². The number of rotatable bonds is 7. The first kappa shape index (κ1) is 27.9. The van der Waals surface area contributed by atoms with E-state index < -0.39 is 11.6 Å². The summed E-state index contributed by atoms with van der Waals surface area (Å²) in [6.45, 7) is 13.2. The zero-order valence-corrected chi connectivity index (χ0v) is 23.4. The predicted molar refractivity (Wildman–Crippen MR) is 140 cm³/mol. The average molecular weight is 506 g/mol. The minimum absolute atomic E-state index is 0.150. The molecule has 4 rings (SSSR count). The number of fused-ring (bicyclic) bond motifs is 5. The number of hydrogen-bond acceptors (Lipinski definition) is 4. The number of amides is 1. The summed E-state index contributed by atoms with van der Waals surface area (Å²) in [5.41, 5.74) is -0.388. The number of aliphatic carboxylic acids is 1. The Labute approximate surface area is 218 Å². The Kier molecular flexibility index (Phi) is 7.65. The third-order valence-corrected chi connectivity index (χ3v) is 12.2. The summed E-state index contributed by atoms with van der Waals surface area (Å²) in [5.74, 6) is 1.34. The topological polar surface area (TPSA) is 107 Å². The van der Waals surface area contributed by atoms with Gasteiger partial charge < -0.3 is 20.6 Å². The number of hydrogen-bond donors (Lipinski definition) is 4. The molecular weight excluding hydrogens is 454 g/mol. The number of carbonyl (C=O) groups excluding carboxylic acids is 1. The molecular formula is C30H51NO5. The van der Waals surface area contributed by atoms with E-state index in [1.807, 2.05) is 6.92 Å². The van der Waals surface area contributed by atoms with Gasteiger partial charge in [0.25, 0.3) is 0 Å². The van der Waals surface area contributed by atoms with Crippen molar-refractivity contribution in [1.82, 2.24) is 5.32 Å². The van der Waals surface area contributed by atoms with Crippen molar-refractivity contribution in [2.75, 3.05) is 6.54 Å². The van der Waals surface area contributed by atoms with Crippen LogP contribution in [0.3, 0.4) is 0 Å². The van der Waals surface area contributed by atoms with E-state index in [9.17, 15) is 19.8 Å². The van der Waals surface area contributed by atoms with Gasteiger partial charge in [0, 0.05) is 5.92 Å². The van der Waals surface area contributed by atoms with Crippen LogP contribution in [0.15, 0.2) is 0 Å². The summed E-state index contributed by atoms with van der Waals surface area (Å²) in [6, 6.07) is 0. The molecule has 4 N–H and O–H groups in total. The van der Waals surface area contributed by atoms with Crippen LogP contribution in [0.5, 0.6) is 0 Å². The van der Waals surface area contributed by atoms with Crippen LogP contribution in [-0.4, -0.2) is 45.4 Å². The van der Waals surface area contributed by atoms with Crippen molar-refractivity contribution >= 4 is 11.9 Å². The van der Waals surface area contributed by atoms with Crippen molar-refractivity contribution in [3.8, 4) is 0 Å².